The summed E-state index contributed by atoms with van der Waals surface area (Å²) in [5.74, 6) is -0.186. The molecule has 0 unspecified atom stereocenters. The Hall–Kier alpha value is -1.44. The van der Waals surface area contributed by atoms with Crippen LogP contribution in [0.1, 0.15) is 31.4 Å². The molecular weight excluding hydrogens is 290 g/mol. The molecule has 1 heterocycles. The number of hydrogen-bond acceptors (Lipinski definition) is 3. The minimum atomic E-state index is -3.64. The lowest BCUT2D eigenvalue weighted by molar-refractivity contribution is -0.126. The van der Waals surface area contributed by atoms with Crippen LogP contribution in [-0.2, 0) is 15.0 Å². The van der Waals surface area contributed by atoms with Crippen LogP contribution in [0.4, 0.5) is 0 Å². The Kier molecular flexibility index (Phi) is 4.97. The van der Waals surface area contributed by atoms with Crippen molar-refractivity contribution in [3.63, 3.8) is 0 Å². The lowest BCUT2D eigenvalue weighted by Crippen LogP contribution is -2.45. The molecule has 2 rings (SSSR count). The zero-order valence-corrected chi connectivity index (χ0v) is 12.8. The molecule has 1 atom stereocenters. The van der Waals surface area contributed by atoms with Crippen LogP contribution in [0.25, 0.3) is 0 Å². The normalized spacial score (nSPS) is 19.1. The minimum absolute atomic E-state index is 0.0274. The summed E-state index contributed by atoms with van der Waals surface area (Å²) >= 11 is 0. The molecule has 1 saturated heterocycles. The third-order valence-electron chi connectivity index (χ3n) is 3.84. The highest BCUT2D eigenvalue weighted by Crippen LogP contribution is 2.20. The smallest absolute Gasteiger partial charge is 0.276 e. The van der Waals surface area contributed by atoms with E-state index in [9.17, 15) is 13.2 Å². The second-order valence-corrected chi connectivity index (χ2v) is 6.91. The van der Waals surface area contributed by atoms with Crippen molar-refractivity contribution in [1.82, 2.24) is 9.62 Å². The summed E-state index contributed by atoms with van der Waals surface area (Å²) < 4.78 is 23.7. The van der Waals surface area contributed by atoms with Crippen molar-refractivity contribution in [2.24, 2.45) is 11.1 Å². The molecule has 0 aliphatic carbocycles. The van der Waals surface area contributed by atoms with Gasteiger partial charge in [0.2, 0.25) is 5.91 Å². The molecule has 116 valence electrons. The van der Waals surface area contributed by atoms with Crippen molar-refractivity contribution in [1.29, 1.82) is 0 Å². The molecule has 6 nitrogen and oxygen atoms in total. The molecule has 1 aliphatic heterocycles. The second kappa shape index (κ2) is 6.55. The fourth-order valence-electron chi connectivity index (χ4n) is 2.53. The standard InChI is InChI=1S/C14H21N3O3S/c1-11(12-5-3-2-4-6-12)16-14(18)13-7-9-17(10-8-13)21(15,19)20/h2-6,11,13H,7-10H2,1H3,(H,16,18)(H2,15,19,20)/t11-/m1/s1. The Bertz CT molecular complexity index is 581. The Morgan fingerprint density at radius 2 is 1.86 bits per heavy atom. The van der Waals surface area contributed by atoms with E-state index in [4.69, 9.17) is 5.14 Å². The third-order valence-corrected chi connectivity index (χ3v) is 4.93. The average Bonchev–Trinajstić information content (AvgIpc) is 2.47. The molecule has 0 spiro atoms. The Morgan fingerprint density at radius 1 is 1.29 bits per heavy atom. The van der Waals surface area contributed by atoms with Gasteiger partial charge >= 0.3 is 0 Å². The number of carbonyl (C=O) groups is 1. The average molecular weight is 311 g/mol. The number of carbonyl (C=O) groups excluding carboxylic acids is 1. The largest absolute Gasteiger partial charge is 0.349 e. The van der Waals surface area contributed by atoms with Gasteiger partial charge in [0, 0.05) is 19.0 Å². The van der Waals surface area contributed by atoms with E-state index in [1.807, 2.05) is 37.3 Å². The number of nitrogens with two attached hydrogens (primary N) is 1. The van der Waals surface area contributed by atoms with Gasteiger partial charge in [0.05, 0.1) is 6.04 Å². The first-order valence-electron chi connectivity index (χ1n) is 7.01. The molecule has 3 N–H and O–H groups in total. The number of amides is 1. The van der Waals surface area contributed by atoms with Crippen LogP contribution in [0.5, 0.6) is 0 Å². The number of benzene rings is 1. The predicted octanol–water partition coefficient (Wildman–Crippen LogP) is 0.779. The summed E-state index contributed by atoms with van der Waals surface area (Å²) in [6, 6.07) is 9.67. The van der Waals surface area contributed by atoms with Crippen molar-refractivity contribution in [3.05, 3.63) is 35.9 Å². The molecule has 1 amide bonds. The number of nitrogens with one attached hydrogen (secondary N) is 1. The van der Waals surface area contributed by atoms with Crippen LogP contribution < -0.4 is 10.5 Å². The van der Waals surface area contributed by atoms with Crippen molar-refractivity contribution in [2.75, 3.05) is 13.1 Å². The highest BCUT2D eigenvalue weighted by molar-refractivity contribution is 7.86. The molecule has 0 aromatic heterocycles. The molecular formula is C14H21N3O3S. The van der Waals surface area contributed by atoms with E-state index < -0.39 is 10.2 Å². The van der Waals surface area contributed by atoms with Gasteiger partial charge in [-0.05, 0) is 25.3 Å². The molecule has 7 heteroatoms. The van der Waals surface area contributed by atoms with Gasteiger partial charge in [-0.25, -0.2) is 5.14 Å². The molecule has 21 heavy (non-hydrogen) atoms. The first-order valence-corrected chi connectivity index (χ1v) is 8.51. The zero-order valence-electron chi connectivity index (χ0n) is 12.0. The number of nitrogens with zero attached hydrogens (tertiary/aromatic N) is 1. The fourth-order valence-corrected chi connectivity index (χ4v) is 3.25. The third kappa shape index (κ3) is 4.26. The van der Waals surface area contributed by atoms with Gasteiger partial charge in [0.25, 0.3) is 10.2 Å². The minimum Gasteiger partial charge on any atom is -0.349 e. The predicted molar refractivity (Wildman–Crippen MR) is 80.4 cm³/mol. The quantitative estimate of drug-likeness (QED) is 0.860. The number of hydrogen-bond donors (Lipinski definition) is 2. The van der Waals surface area contributed by atoms with Crippen LogP contribution >= 0.6 is 0 Å². The van der Waals surface area contributed by atoms with E-state index in [1.165, 1.54) is 4.31 Å². The Labute approximate surface area is 125 Å². The van der Waals surface area contributed by atoms with Gasteiger partial charge in [-0.3, -0.25) is 4.79 Å². The van der Waals surface area contributed by atoms with Gasteiger partial charge in [-0.1, -0.05) is 30.3 Å². The van der Waals surface area contributed by atoms with Crippen molar-refractivity contribution >= 4 is 16.1 Å². The molecule has 1 aliphatic rings. The van der Waals surface area contributed by atoms with Crippen LogP contribution in [0.3, 0.4) is 0 Å². The monoisotopic (exact) mass is 311 g/mol. The summed E-state index contributed by atoms with van der Waals surface area (Å²) in [5, 5.41) is 8.07. The van der Waals surface area contributed by atoms with Crippen LogP contribution in [0.2, 0.25) is 0 Å². The Balaban J connectivity index is 1.88. The van der Waals surface area contributed by atoms with Gasteiger partial charge in [-0.15, -0.1) is 0 Å². The van der Waals surface area contributed by atoms with E-state index >= 15 is 0 Å². The number of rotatable bonds is 4. The van der Waals surface area contributed by atoms with Crippen molar-refractivity contribution < 1.29 is 13.2 Å². The van der Waals surface area contributed by atoms with Crippen LogP contribution in [0, 0.1) is 5.92 Å². The summed E-state index contributed by atoms with van der Waals surface area (Å²) in [4.78, 5) is 12.2. The van der Waals surface area contributed by atoms with Crippen molar-refractivity contribution in [3.8, 4) is 0 Å². The highest BCUT2D eigenvalue weighted by atomic mass is 32.2. The summed E-state index contributed by atoms with van der Waals surface area (Å²) in [7, 11) is -3.64. The molecule has 0 bridgehead atoms. The second-order valence-electron chi connectivity index (χ2n) is 5.36. The summed E-state index contributed by atoms with van der Waals surface area (Å²) in [5.41, 5.74) is 1.05. The van der Waals surface area contributed by atoms with Crippen LogP contribution in [-0.4, -0.2) is 31.7 Å². The Morgan fingerprint density at radius 3 is 2.38 bits per heavy atom. The maximum atomic E-state index is 12.2. The zero-order chi connectivity index (χ0) is 15.5. The number of piperidine rings is 1. The van der Waals surface area contributed by atoms with E-state index in [0.717, 1.165) is 5.56 Å². The van der Waals surface area contributed by atoms with E-state index in [-0.39, 0.29) is 17.9 Å². The van der Waals surface area contributed by atoms with Gasteiger partial charge < -0.3 is 5.32 Å². The van der Waals surface area contributed by atoms with E-state index in [0.29, 0.717) is 25.9 Å². The van der Waals surface area contributed by atoms with Gasteiger partial charge in [0.15, 0.2) is 0 Å². The topological polar surface area (TPSA) is 92.5 Å². The van der Waals surface area contributed by atoms with Crippen LogP contribution in [0.15, 0.2) is 30.3 Å². The van der Waals surface area contributed by atoms with E-state index in [2.05, 4.69) is 5.32 Å². The molecule has 1 aromatic rings. The SMILES string of the molecule is C[C@@H](NC(=O)C1CCN(S(N)(=O)=O)CC1)c1ccccc1. The molecule has 1 aromatic carbocycles. The lowest BCUT2D eigenvalue weighted by Gasteiger charge is -2.29. The summed E-state index contributed by atoms with van der Waals surface area (Å²) in [6.07, 6.45) is 1.01. The van der Waals surface area contributed by atoms with E-state index in [1.54, 1.807) is 0 Å². The lowest BCUT2D eigenvalue weighted by atomic mass is 9.96. The van der Waals surface area contributed by atoms with Gasteiger partial charge in [-0.2, -0.15) is 12.7 Å². The summed E-state index contributed by atoms with van der Waals surface area (Å²) in [6.45, 7) is 2.54. The first kappa shape index (κ1) is 15.9. The molecule has 0 radical (unpaired) electrons. The van der Waals surface area contributed by atoms with Gasteiger partial charge in [0.1, 0.15) is 0 Å². The first-order chi connectivity index (χ1) is 9.88. The fraction of sp³-hybridized carbons (Fsp3) is 0.500. The molecule has 0 saturated carbocycles. The highest BCUT2D eigenvalue weighted by Gasteiger charge is 2.29. The maximum absolute atomic E-state index is 12.2. The maximum Gasteiger partial charge on any atom is 0.276 e. The molecule has 1 fully saturated rings. The van der Waals surface area contributed by atoms with Crippen molar-refractivity contribution in [2.45, 2.75) is 25.8 Å².